The Bertz CT molecular complexity index is 575. The lowest BCUT2D eigenvalue weighted by Crippen LogP contribution is -1.95. The van der Waals surface area contributed by atoms with E-state index in [2.05, 4.69) is 4.98 Å². The molecule has 2 aromatic rings. The Balaban J connectivity index is 2.60. The summed E-state index contributed by atoms with van der Waals surface area (Å²) < 4.78 is 18.6. The molecule has 0 bridgehead atoms. The standard InChI is InChI=1S/C12H9FN2O/c1-2-16-12-5-8-3-4-9(7-14)15-11(8)6-10(12)13/h3-6H,2H2,1H3. The highest BCUT2D eigenvalue weighted by molar-refractivity contribution is 5.80. The predicted octanol–water partition coefficient (Wildman–Crippen LogP) is 2.64. The van der Waals surface area contributed by atoms with Crippen LogP contribution in [0.5, 0.6) is 5.75 Å². The smallest absolute Gasteiger partial charge is 0.167 e. The fourth-order valence-electron chi connectivity index (χ4n) is 1.45. The summed E-state index contributed by atoms with van der Waals surface area (Å²) in [5.74, 6) is -0.251. The van der Waals surface area contributed by atoms with Gasteiger partial charge in [0.2, 0.25) is 0 Å². The lowest BCUT2D eigenvalue weighted by atomic mass is 10.2. The zero-order valence-corrected chi connectivity index (χ0v) is 8.70. The molecule has 0 saturated carbocycles. The number of halogens is 1. The Morgan fingerprint density at radius 1 is 1.44 bits per heavy atom. The van der Waals surface area contributed by atoms with Crippen molar-refractivity contribution in [1.82, 2.24) is 4.98 Å². The average Bonchev–Trinajstić information content (AvgIpc) is 2.30. The Morgan fingerprint density at radius 2 is 2.25 bits per heavy atom. The van der Waals surface area contributed by atoms with E-state index in [1.807, 2.05) is 6.07 Å². The molecule has 2 rings (SSSR count). The third-order valence-electron chi connectivity index (χ3n) is 2.16. The van der Waals surface area contributed by atoms with Crippen molar-refractivity contribution in [2.24, 2.45) is 0 Å². The summed E-state index contributed by atoms with van der Waals surface area (Å²) in [6, 6.07) is 8.10. The first kappa shape index (κ1) is 10.4. The van der Waals surface area contributed by atoms with Crippen LogP contribution in [-0.4, -0.2) is 11.6 Å². The van der Waals surface area contributed by atoms with Crippen molar-refractivity contribution in [3.63, 3.8) is 0 Å². The second-order valence-electron chi connectivity index (χ2n) is 3.22. The number of fused-ring (bicyclic) bond motifs is 1. The minimum atomic E-state index is -0.461. The van der Waals surface area contributed by atoms with Gasteiger partial charge >= 0.3 is 0 Å². The minimum Gasteiger partial charge on any atom is -0.491 e. The second kappa shape index (κ2) is 4.15. The van der Waals surface area contributed by atoms with Crippen molar-refractivity contribution in [3.8, 4) is 11.8 Å². The largest absolute Gasteiger partial charge is 0.491 e. The molecular weight excluding hydrogens is 207 g/mol. The maximum atomic E-state index is 13.5. The number of nitrogens with zero attached hydrogens (tertiary/aromatic N) is 2. The van der Waals surface area contributed by atoms with E-state index in [1.54, 1.807) is 25.1 Å². The van der Waals surface area contributed by atoms with Crippen molar-refractivity contribution < 1.29 is 9.13 Å². The highest BCUT2D eigenvalue weighted by Crippen LogP contribution is 2.23. The molecular formula is C12H9FN2O. The number of benzene rings is 1. The van der Waals surface area contributed by atoms with Crippen LogP contribution < -0.4 is 4.74 Å². The van der Waals surface area contributed by atoms with Crippen LogP contribution in [0.2, 0.25) is 0 Å². The number of ether oxygens (including phenoxy) is 1. The summed E-state index contributed by atoms with van der Waals surface area (Å²) in [7, 11) is 0. The summed E-state index contributed by atoms with van der Waals surface area (Å²) >= 11 is 0. The molecule has 1 aromatic heterocycles. The molecule has 0 atom stereocenters. The Labute approximate surface area is 92.1 Å². The number of aromatic nitrogens is 1. The van der Waals surface area contributed by atoms with Crippen LogP contribution in [0.15, 0.2) is 24.3 Å². The summed E-state index contributed by atoms with van der Waals surface area (Å²) in [5.41, 5.74) is 0.732. The van der Waals surface area contributed by atoms with Gasteiger partial charge in [-0.2, -0.15) is 5.26 Å². The lowest BCUT2D eigenvalue weighted by Gasteiger charge is -2.05. The van der Waals surface area contributed by atoms with E-state index < -0.39 is 5.82 Å². The van der Waals surface area contributed by atoms with Crippen LogP contribution in [-0.2, 0) is 0 Å². The Morgan fingerprint density at radius 3 is 2.94 bits per heavy atom. The maximum absolute atomic E-state index is 13.5. The number of nitriles is 1. The van der Waals surface area contributed by atoms with Crippen LogP contribution in [0, 0.1) is 17.1 Å². The number of hydrogen-bond acceptors (Lipinski definition) is 3. The molecule has 0 amide bonds. The molecule has 0 N–H and O–H groups in total. The monoisotopic (exact) mass is 216 g/mol. The van der Waals surface area contributed by atoms with E-state index in [1.165, 1.54) is 6.07 Å². The molecule has 0 saturated heterocycles. The first-order valence-electron chi connectivity index (χ1n) is 4.88. The van der Waals surface area contributed by atoms with Crippen molar-refractivity contribution in [2.75, 3.05) is 6.61 Å². The summed E-state index contributed by atoms with van der Waals surface area (Å²) in [6.07, 6.45) is 0. The SMILES string of the molecule is CCOc1cc2ccc(C#N)nc2cc1F. The Kier molecular flexibility index (Phi) is 2.69. The maximum Gasteiger partial charge on any atom is 0.167 e. The van der Waals surface area contributed by atoms with Gasteiger partial charge in [-0.05, 0) is 25.1 Å². The number of hydrogen-bond donors (Lipinski definition) is 0. The zero-order chi connectivity index (χ0) is 11.5. The molecule has 3 nitrogen and oxygen atoms in total. The van der Waals surface area contributed by atoms with E-state index in [9.17, 15) is 4.39 Å². The molecule has 0 spiro atoms. The summed E-state index contributed by atoms with van der Waals surface area (Å²) in [5, 5.41) is 9.43. The van der Waals surface area contributed by atoms with Crippen molar-refractivity contribution in [2.45, 2.75) is 6.92 Å². The second-order valence-corrected chi connectivity index (χ2v) is 3.22. The molecule has 4 heteroatoms. The quantitative estimate of drug-likeness (QED) is 0.775. The van der Waals surface area contributed by atoms with Gasteiger partial charge in [-0.3, -0.25) is 0 Å². The molecule has 0 unspecified atom stereocenters. The fourth-order valence-corrected chi connectivity index (χ4v) is 1.45. The first-order valence-corrected chi connectivity index (χ1v) is 4.88. The molecule has 0 aliphatic carbocycles. The number of rotatable bonds is 2. The normalized spacial score (nSPS) is 10.1. The molecule has 80 valence electrons. The van der Waals surface area contributed by atoms with Gasteiger partial charge in [0.25, 0.3) is 0 Å². The van der Waals surface area contributed by atoms with Gasteiger partial charge in [0.15, 0.2) is 11.6 Å². The van der Waals surface area contributed by atoms with Crippen molar-refractivity contribution in [1.29, 1.82) is 5.26 Å². The van der Waals surface area contributed by atoms with Crippen LogP contribution in [0.4, 0.5) is 4.39 Å². The zero-order valence-electron chi connectivity index (χ0n) is 8.70. The lowest BCUT2D eigenvalue weighted by molar-refractivity contribution is 0.322. The van der Waals surface area contributed by atoms with E-state index in [-0.39, 0.29) is 11.4 Å². The fraction of sp³-hybridized carbons (Fsp3) is 0.167. The Hall–Kier alpha value is -2.15. The van der Waals surface area contributed by atoms with E-state index in [0.717, 1.165) is 5.39 Å². The van der Waals surface area contributed by atoms with Gasteiger partial charge in [-0.25, -0.2) is 9.37 Å². The van der Waals surface area contributed by atoms with E-state index in [0.29, 0.717) is 12.1 Å². The molecule has 0 aliphatic rings. The van der Waals surface area contributed by atoms with Crippen LogP contribution in [0.25, 0.3) is 10.9 Å². The molecule has 0 fully saturated rings. The predicted molar refractivity (Wildman–Crippen MR) is 57.6 cm³/mol. The molecule has 0 aliphatic heterocycles. The molecule has 1 heterocycles. The van der Waals surface area contributed by atoms with Gasteiger partial charge in [-0.1, -0.05) is 0 Å². The molecule has 0 radical (unpaired) electrons. The van der Waals surface area contributed by atoms with Gasteiger partial charge in [-0.15, -0.1) is 0 Å². The van der Waals surface area contributed by atoms with Crippen LogP contribution in [0.3, 0.4) is 0 Å². The van der Waals surface area contributed by atoms with Gasteiger partial charge in [0, 0.05) is 11.5 Å². The highest BCUT2D eigenvalue weighted by Gasteiger charge is 2.06. The highest BCUT2D eigenvalue weighted by atomic mass is 19.1. The number of pyridine rings is 1. The molecule has 1 aromatic carbocycles. The first-order chi connectivity index (χ1) is 7.74. The van der Waals surface area contributed by atoms with E-state index >= 15 is 0 Å². The average molecular weight is 216 g/mol. The van der Waals surface area contributed by atoms with E-state index in [4.69, 9.17) is 10.00 Å². The van der Waals surface area contributed by atoms with Gasteiger partial charge < -0.3 is 4.74 Å². The minimum absolute atomic E-state index is 0.210. The van der Waals surface area contributed by atoms with Gasteiger partial charge in [0.05, 0.1) is 12.1 Å². The third-order valence-corrected chi connectivity index (χ3v) is 2.16. The topological polar surface area (TPSA) is 45.9 Å². The summed E-state index contributed by atoms with van der Waals surface area (Å²) in [6.45, 7) is 2.20. The van der Waals surface area contributed by atoms with Gasteiger partial charge in [0.1, 0.15) is 11.8 Å². The van der Waals surface area contributed by atoms with Crippen molar-refractivity contribution in [3.05, 3.63) is 35.8 Å². The third kappa shape index (κ3) is 1.80. The van der Waals surface area contributed by atoms with Crippen molar-refractivity contribution >= 4 is 10.9 Å². The summed E-state index contributed by atoms with van der Waals surface area (Å²) in [4.78, 5) is 4.00. The van der Waals surface area contributed by atoms with Crippen LogP contribution in [0.1, 0.15) is 12.6 Å². The molecule has 16 heavy (non-hydrogen) atoms. The van der Waals surface area contributed by atoms with Crippen LogP contribution >= 0.6 is 0 Å².